The van der Waals surface area contributed by atoms with E-state index in [4.69, 9.17) is 4.74 Å². The average Bonchev–Trinajstić information content (AvgIpc) is 2.82. The van der Waals surface area contributed by atoms with E-state index in [1.807, 2.05) is 6.07 Å². The Bertz CT molecular complexity index is 1230. The zero-order chi connectivity index (χ0) is 23.7. The summed E-state index contributed by atoms with van der Waals surface area (Å²) in [6.07, 6.45) is 1.46. The number of halogens is 1. The van der Waals surface area contributed by atoms with Gasteiger partial charge < -0.3 is 4.74 Å². The Balaban J connectivity index is 1.47. The molecule has 0 heterocycles. The van der Waals surface area contributed by atoms with Gasteiger partial charge in [-0.3, -0.25) is 25.2 Å². The summed E-state index contributed by atoms with van der Waals surface area (Å²) in [5.74, 6) is -1.36. The van der Waals surface area contributed by atoms with Gasteiger partial charge in [0.2, 0.25) is 0 Å². The molecule has 3 aromatic carbocycles. The summed E-state index contributed by atoms with van der Waals surface area (Å²) in [5.41, 5.74) is 5.60. The Kier molecular flexibility index (Phi) is 7.77. The molecule has 0 radical (unpaired) electrons. The number of carbonyl (C=O) groups is 2. The van der Waals surface area contributed by atoms with Crippen LogP contribution in [0.2, 0.25) is 0 Å². The maximum absolute atomic E-state index is 12.8. The first kappa shape index (κ1) is 23.5. The van der Waals surface area contributed by atoms with E-state index in [0.717, 1.165) is 11.0 Å². The second-order valence-corrected chi connectivity index (χ2v) is 8.25. The van der Waals surface area contributed by atoms with Crippen LogP contribution in [0.3, 0.4) is 0 Å². The van der Waals surface area contributed by atoms with E-state index in [-0.39, 0.29) is 17.9 Å². The van der Waals surface area contributed by atoms with Gasteiger partial charge >= 0.3 is 0 Å². The second-order valence-electron chi connectivity index (χ2n) is 6.68. The molecule has 3 aromatic rings. The fraction of sp³-hybridized carbons (Fsp3) is 0.0435. The van der Waals surface area contributed by atoms with E-state index in [2.05, 4.69) is 15.6 Å². The first-order valence-corrected chi connectivity index (χ1v) is 11.2. The standard InChI is InChI=1S/C23H20FN3O5S/c24-19-8-12-21(13-9-19)32-16-22(28)25-26-23(29)18-6-10-20(11-7-18)27-33(30,31)15-14-17-4-2-1-3-5-17/h1-15,27H,16H2,(H,25,28)(H,26,29)/b15-14+. The lowest BCUT2D eigenvalue weighted by Gasteiger charge is -2.09. The Hall–Kier alpha value is -4.18. The summed E-state index contributed by atoms with van der Waals surface area (Å²) < 4.78 is 44.8. The highest BCUT2D eigenvalue weighted by atomic mass is 32.2. The van der Waals surface area contributed by atoms with Gasteiger partial charge in [0, 0.05) is 11.3 Å². The van der Waals surface area contributed by atoms with Crippen molar-refractivity contribution in [3.8, 4) is 5.75 Å². The summed E-state index contributed by atoms with van der Waals surface area (Å²) in [6, 6.07) is 19.7. The van der Waals surface area contributed by atoms with Gasteiger partial charge in [-0.25, -0.2) is 12.8 Å². The minimum atomic E-state index is -3.74. The molecule has 0 aliphatic heterocycles. The van der Waals surface area contributed by atoms with Crippen molar-refractivity contribution in [1.82, 2.24) is 10.9 Å². The van der Waals surface area contributed by atoms with E-state index < -0.39 is 27.7 Å². The van der Waals surface area contributed by atoms with Crippen LogP contribution in [0.1, 0.15) is 15.9 Å². The quantitative estimate of drug-likeness (QED) is 0.439. The van der Waals surface area contributed by atoms with Crippen molar-refractivity contribution in [2.45, 2.75) is 0 Å². The number of rotatable bonds is 8. The van der Waals surface area contributed by atoms with Gasteiger partial charge in [-0.2, -0.15) is 0 Å². The van der Waals surface area contributed by atoms with Crippen molar-refractivity contribution in [2.75, 3.05) is 11.3 Å². The van der Waals surface area contributed by atoms with Gasteiger partial charge in [0.1, 0.15) is 11.6 Å². The van der Waals surface area contributed by atoms with Crippen LogP contribution in [-0.2, 0) is 14.8 Å². The number of hydrogen-bond donors (Lipinski definition) is 3. The molecule has 10 heteroatoms. The van der Waals surface area contributed by atoms with Crippen molar-refractivity contribution in [3.05, 3.63) is 101 Å². The number of hydrazine groups is 1. The number of anilines is 1. The molecule has 33 heavy (non-hydrogen) atoms. The van der Waals surface area contributed by atoms with E-state index in [0.29, 0.717) is 5.75 Å². The topological polar surface area (TPSA) is 114 Å². The summed E-state index contributed by atoms with van der Waals surface area (Å²) in [4.78, 5) is 23.9. The molecular weight excluding hydrogens is 449 g/mol. The van der Waals surface area contributed by atoms with Gasteiger partial charge in [0.15, 0.2) is 6.61 Å². The minimum Gasteiger partial charge on any atom is -0.484 e. The highest BCUT2D eigenvalue weighted by Crippen LogP contribution is 2.13. The molecule has 0 saturated carbocycles. The number of benzene rings is 3. The van der Waals surface area contributed by atoms with Gasteiger partial charge in [-0.15, -0.1) is 0 Å². The van der Waals surface area contributed by atoms with Crippen LogP contribution in [0, 0.1) is 5.82 Å². The average molecular weight is 469 g/mol. The molecule has 0 aliphatic rings. The third kappa shape index (κ3) is 7.78. The smallest absolute Gasteiger partial charge is 0.276 e. The monoisotopic (exact) mass is 469 g/mol. The van der Waals surface area contributed by atoms with Gasteiger partial charge in [0.25, 0.3) is 21.8 Å². The normalized spacial score (nSPS) is 11.1. The predicted molar refractivity (Wildman–Crippen MR) is 122 cm³/mol. The molecule has 0 fully saturated rings. The molecule has 0 aliphatic carbocycles. The lowest BCUT2D eigenvalue weighted by molar-refractivity contribution is -0.123. The molecule has 0 atom stereocenters. The van der Waals surface area contributed by atoms with Crippen molar-refractivity contribution < 1.29 is 27.1 Å². The molecule has 0 saturated heterocycles. The summed E-state index contributed by atoms with van der Waals surface area (Å²) in [7, 11) is -3.74. The van der Waals surface area contributed by atoms with Gasteiger partial charge in [-0.1, -0.05) is 30.3 Å². The molecule has 8 nitrogen and oxygen atoms in total. The van der Waals surface area contributed by atoms with Crippen LogP contribution in [0.25, 0.3) is 6.08 Å². The SMILES string of the molecule is O=C(COc1ccc(F)cc1)NNC(=O)c1ccc(NS(=O)(=O)/C=C/c2ccccc2)cc1. The predicted octanol–water partition coefficient (Wildman–Crippen LogP) is 3.08. The van der Waals surface area contributed by atoms with Gasteiger partial charge in [-0.05, 0) is 60.2 Å². The summed E-state index contributed by atoms with van der Waals surface area (Å²) in [5, 5.41) is 1.05. The maximum Gasteiger partial charge on any atom is 0.276 e. The fourth-order valence-electron chi connectivity index (χ4n) is 2.53. The largest absolute Gasteiger partial charge is 0.484 e. The number of amides is 2. The van der Waals surface area contributed by atoms with E-state index in [1.54, 1.807) is 24.3 Å². The van der Waals surface area contributed by atoms with Crippen LogP contribution < -0.4 is 20.3 Å². The summed E-state index contributed by atoms with van der Waals surface area (Å²) >= 11 is 0. The molecule has 0 spiro atoms. The van der Waals surface area contributed by atoms with Crippen LogP contribution in [0.4, 0.5) is 10.1 Å². The van der Waals surface area contributed by atoms with Crippen molar-refractivity contribution in [1.29, 1.82) is 0 Å². The third-order valence-electron chi connectivity index (χ3n) is 4.15. The molecule has 0 bridgehead atoms. The van der Waals surface area contributed by atoms with Crippen molar-refractivity contribution in [2.24, 2.45) is 0 Å². The molecule has 170 valence electrons. The fourth-order valence-corrected chi connectivity index (χ4v) is 3.40. The Morgan fingerprint density at radius 3 is 2.21 bits per heavy atom. The molecule has 0 unspecified atom stereocenters. The highest BCUT2D eigenvalue weighted by molar-refractivity contribution is 7.95. The lowest BCUT2D eigenvalue weighted by Crippen LogP contribution is -2.43. The second kappa shape index (κ2) is 10.9. The highest BCUT2D eigenvalue weighted by Gasteiger charge is 2.10. The molecular formula is C23H20FN3O5S. The van der Waals surface area contributed by atoms with E-state index >= 15 is 0 Å². The van der Waals surface area contributed by atoms with Crippen molar-refractivity contribution in [3.63, 3.8) is 0 Å². The number of nitrogens with one attached hydrogen (secondary N) is 3. The Morgan fingerprint density at radius 1 is 0.879 bits per heavy atom. The summed E-state index contributed by atoms with van der Waals surface area (Å²) in [6.45, 7) is -0.386. The van der Waals surface area contributed by atoms with Gasteiger partial charge in [0.05, 0.1) is 5.41 Å². The number of sulfonamides is 1. The van der Waals surface area contributed by atoms with Crippen LogP contribution in [-0.4, -0.2) is 26.8 Å². The number of carbonyl (C=O) groups excluding carboxylic acids is 2. The molecule has 3 rings (SSSR count). The number of ether oxygens (including phenoxy) is 1. The first-order valence-electron chi connectivity index (χ1n) is 9.64. The zero-order valence-electron chi connectivity index (χ0n) is 17.2. The van der Waals surface area contributed by atoms with Crippen LogP contribution in [0.5, 0.6) is 5.75 Å². The van der Waals surface area contributed by atoms with Crippen molar-refractivity contribution >= 4 is 33.6 Å². The van der Waals surface area contributed by atoms with Crippen LogP contribution in [0.15, 0.2) is 84.3 Å². The maximum atomic E-state index is 12.8. The van der Waals surface area contributed by atoms with E-state index in [1.165, 1.54) is 54.6 Å². The van der Waals surface area contributed by atoms with E-state index in [9.17, 15) is 22.4 Å². The Morgan fingerprint density at radius 2 is 1.55 bits per heavy atom. The number of hydrogen-bond acceptors (Lipinski definition) is 5. The first-order chi connectivity index (χ1) is 15.8. The third-order valence-corrected chi connectivity index (χ3v) is 5.16. The zero-order valence-corrected chi connectivity index (χ0v) is 18.0. The minimum absolute atomic E-state index is 0.192. The lowest BCUT2D eigenvalue weighted by atomic mass is 10.2. The molecule has 3 N–H and O–H groups in total. The molecule has 2 amide bonds. The van der Waals surface area contributed by atoms with Crippen LogP contribution >= 0.6 is 0 Å². The molecule has 0 aromatic heterocycles. The Labute approximate surface area is 190 Å².